The van der Waals surface area contributed by atoms with Gasteiger partial charge in [-0.05, 0) is 30.7 Å². The van der Waals surface area contributed by atoms with Crippen LogP contribution in [-0.4, -0.2) is 37.2 Å². The lowest BCUT2D eigenvalue weighted by molar-refractivity contribution is -0.921. The molecule has 25 heavy (non-hydrogen) atoms. The predicted molar refractivity (Wildman–Crippen MR) is 89.7 cm³/mol. The van der Waals surface area contributed by atoms with E-state index in [0.717, 1.165) is 13.1 Å². The quantitative estimate of drug-likeness (QED) is 0.823. The van der Waals surface area contributed by atoms with E-state index in [4.69, 9.17) is 13.9 Å². The first-order valence-electron chi connectivity index (χ1n) is 8.38. The number of phenols is 1. The molecule has 1 aromatic heterocycles. The van der Waals surface area contributed by atoms with Gasteiger partial charge in [0.15, 0.2) is 11.5 Å². The fourth-order valence-electron chi connectivity index (χ4n) is 3.34. The molecule has 2 N–H and O–H groups in total. The maximum atomic E-state index is 12.8. The van der Waals surface area contributed by atoms with Crippen LogP contribution in [0.4, 0.5) is 0 Å². The highest BCUT2D eigenvalue weighted by molar-refractivity contribution is 6.15. The third-order valence-corrected chi connectivity index (χ3v) is 4.66. The van der Waals surface area contributed by atoms with Crippen molar-refractivity contribution in [3.8, 4) is 11.5 Å². The van der Waals surface area contributed by atoms with Crippen LogP contribution in [0.2, 0.25) is 0 Å². The van der Waals surface area contributed by atoms with Gasteiger partial charge in [0.1, 0.15) is 31.1 Å². The Hall–Kier alpha value is -2.57. The van der Waals surface area contributed by atoms with E-state index < -0.39 is 0 Å². The van der Waals surface area contributed by atoms with Gasteiger partial charge in [-0.2, -0.15) is 0 Å². The third-order valence-electron chi connectivity index (χ3n) is 4.66. The van der Waals surface area contributed by atoms with Crippen LogP contribution in [0.3, 0.4) is 0 Å². The topological polar surface area (TPSA) is 73.3 Å². The maximum Gasteiger partial charge on any atom is 0.232 e. The number of hydrogen-bond acceptors (Lipinski definition) is 5. The Bertz CT molecular complexity index is 832. The number of morpholine rings is 1. The lowest BCUT2D eigenvalue weighted by Gasteiger charge is -2.24. The number of allylic oxidation sites excluding steroid dienone is 1. The van der Waals surface area contributed by atoms with Crippen LogP contribution in [0.25, 0.3) is 6.08 Å². The fraction of sp³-hybridized carbons (Fsp3) is 0.316. The number of furan rings is 1. The second-order valence-corrected chi connectivity index (χ2v) is 6.39. The number of aromatic hydroxyl groups is 1. The fourth-order valence-corrected chi connectivity index (χ4v) is 3.34. The Kier molecular flexibility index (Phi) is 4.07. The highest BCUT2D eigenvalue weighted by atomic mass is 16.5. The van der Waals surface area contributed by atoms with E-state index in [-0.39, 0.29) is 17.3 Å². The summed E-state index contributed by atoms with van der Waals surface area (Å²) in [6.07, 6.45) is 3.13. The lowest BCUT2D eigenvalue weighted by Crippen LogP contribution is -3.12. The van der Waals surface area contributed by atoms with E-state index in [0.29, 0.717) is 48.0 Å². The van der Waals surface area contributed by atoms with Gasteiger partial charge in [0, 0.05) is 6.08 Å². The van der Waals surface area contributed by atoms with Gasteiger partial charge in [-0.1, -0.05) is 0 Å². The molecule has 130 valence electrons. The van der Waals surface area contributed by atoms with Gasteiger partial charge in [-0.25, -0.2) is 0 Å². The number of Topliss-reactive ketones (excluding diaryl/α,β-unsaturated/α-hetero) is 1. The molecule has 6 nitrogen and oxygen atoms in total. The van der Waals surface area contributed by atoms with Crippen LogP contribution >= 0.6 is 0 Å². The number of carbonyl (C=O) groups is 1. The average Bonchev–Trinajstić information content (AvgIpc) is 3.22. The van der Waals surface area contributed by atoms with Gasteiger partial charge in [0.25, 0.3) is 0 Å². The van der Waals surface area contributed by atoms with Crippen molar-refractivity contribution in [3.63, 3.8) is 0 Å². The minimum absolute atomic E-state index is 0.169. The Morgan fingerprint density at radius 3 is 2.84 bits per heavy atom. The van der Waals surface area contributed by atoms with Crippen molar-refractivity contribution >= 4 is 11.9 Å². The average molecular weight is 342 g/mol. The summed E-state index contributed by atoms with van der Waals surface area (Å²) >= 11 is 0. The molecule has 2 aliphatic heterocycles. The molecular formula is C19H20NO5+. The number of fused-ring (bicyclic) bond motifs is 1. The molecular weight excluding hydrogens is 322 g/mol. The normalized spacial score (nSPS) is 19.2. The summed E-state index contributed by atoms with van der Waals surface area (Å²) in [5.41, 5.74) is 1.91. The van der Waals surface area contributed by atoms with Gasteiger partial charge in [0.05, 0.1) is 30.6 Å². The molecule has 2 aromatic rings. The SMILES string of the molecule is Cc1cc(O)c(C[NH+]2CCOCC2)c2c1C(=O)/C(=C/c1ccco1)O2. The molecule has 1 saturated heterocycles. The van der Waals surface area contributed by atoms with E-state index in [1.54, 1.807) is 37.5 Å². The molecule has 3 heterocycles. The molecule has 1 aromatic carbocycles. The van der Waals surface area contributed by atoms with E-state index in [9.17, 15) is 9.90 Å². The molecule has 6 heteroatoms. The molecule has 1 fully saturated rings. The third kappa shape index (κ3) is 2.94. The number of nitrogens with one attached hydrogen (secondary N) is 1. The van der Waals surface area contributed by atoms with E-state index >= 15 is 0 Å². The molecule has 0 radical (unpaired) electrons. The minimum Gasteiger partial charge on any atom is -0.507 e. The van der Waals surface area contributed by atoms with Crippen molar-refractivity contribution < 1.29 is 28.7 Å². The molecule has 0 spiro atoms. The highest BCUT2D eigenvalue weighted by Crippen LogP contribution is 2.41. The predicted octanol–water partition coefficient (Wildman–Crippen LogP) is 1.32. The molecule has 2 aliphatic rings. The number of phenolic OH excluding ortho intramolecular Hbond substituents is 1. The van der Waals surface area contributed by atoms with Crippen LogP contribution in [-0.2, 0) is 11.3 Å². The monoisotopic (exact) mass is 342 g/mol. The second-order valence-electron chi connectivity index (χ2n) is 6.39. The number of benzene rings is 1. The van der Waals surface area contributed by atoms with Gasteiger partial charge >= 0.3 is 0 Å². The number of rotatable bonds is 3. The Morgan fingerprint density at radius 1 is 1.32 bits per heavy atom. The number of ether oxygens (including phenoxy) is 2. The summed E-state index contributed by atoms with van der Waals surface area (Å²) in [5.74, 6) is 1.24. The first kappa shape index (κ1) is 15.9. The molecule has 0 atom stereocenters. The molecule has 0 bridgehead atoms. The van der Waals surface area contributed by atoms with Crippen molar-refractivity contribution in [2.45, 2.75) is 13.5 Å². The molecule has 4 rings (SSSR count). The van der Waals surface area contributed by atoms with Crippen molar-refractivity contribution in [2.24, 2.45) is 0 Å². The number of quaternary nitrogens is 1. The van der Waals surface area contributed by atoms with Gasteiger partial charge in [-0.15, -0.1) is 0 Å². The largest absolute Gasteiger partial charge is 0.507 e. The Balaban J connectivity index is 1.71. The Labute approximate surface area is 145 Å². The zero-order chi connectivity index (χ0) is 17.4. The second kappa shape index (κ2) is 6.38. The van der Waals surface area contributed by atoms with E-state index in [1.807, 2.05) is 0 Å². The summed E-state index contributed by atoms with van der Waals surface area (Å²) < 4.78 is 16.5. The number of carbonyl (C=O) groups excluding carboxylic acids is 1. The number of hydrogen-bond donors (Lipinski definition) is 2. The first-order valence-corrected chi connectivity index (χ1v) is 8.38. The van der Waals surface area contributed by atoms with Crippen LogP contribution in [0.1, 0.15) is 27.2 Å². The number of ketones is 1. The van der Waals surface area contributed by atoms with Gasteiger partial charge in [0.2, 0.25) is 5.78 Å². The Morgan fingerprint density at radius 2 is 2.12 bits per heavy atom. The molecule has 0 amide bonds. The summed E-state index contributed by atoms with van der Waals surface area (Å²) in [7, 11) is 0. The van der Waals surface area contributed by atoms with Gasteiger partial charge in [-0.3, -0.25) is 4.79 Å². The van der Waals surface area contributed by atoms with E-state index in [2.05, 4.69) is 0 Å². The zero-order valence-electron chi connectivity index (χ0n) is 14.0. The lowest BCUT2D eigenvalue weighted by atomic mass is 9.99. The first-order chi connectivity index (χ1) is 12.1. The standard InChI is InChI=1S/C19H19NO5/c1-12-9-15(21)14(11-20-4-7-23-8-5-20)19-17(12)18(22)16(25-19)10-13-3-2-6-24-13/h2-3,6,9-10,21H,4-5,7-8,11H2,1H3/p+1/b16-10-. The van der Waals surface area contributed by atoms with Crippen LogP contribution in [0, 0.1) is 6.92 Å². The van der Waals surface area contributed by atoms with Crippen LogP contribution in [0.15, 0.2) is 34.6 Å². The summed E-state index contributed by atoms with van der Waals surface area (Å²) in [5, 5.41) is 10.4. The van der Waals surface area contributed by atoms with Crippen LogP contribution in [0.5, 0.6) is 11.5 Å². The van der Waals surface area contributed by atoms with Crippen molar-refractivity contribution in [1.29, 1.82) is 0 Å². The van der Waals surface area contributed by atoms with Gasteiger partial charge < -0.3 is 23.9 Å². The van der Waals surface area contributed by atoms with Crippen molar-refractivity contribution in [3.05, 3.63) is 52.7 Å². The molecule has 0 saturated carbocycles. The summed E-state index contributed by atoms with van der Waals surface area (Å²) in [6, 6.07) is 5.16. The maximum absolute atomic E-state index is 12.8. The minimum atomic E-state index is -0.179. The van der Waals surface area contributed by atoms with Crippen LogP contribution < -0.4 is 9.64 Å². The summed E-state index contributed by atoms with van der Waals surface area (Å²) in [6.45, 7) is 5.54. The highest BCUT2D eigenvalue weighted by Gasteiger charge is 2.34. The molecule has 0 aliphatic carbocycles. The number of aryl methyl sites for hydroxylation is 1. The summed E-state index contributed by atoms with van der Waals surface area (Å²) in [4.78, 5) is 14.1. The zero-order valence-corrected chi connectivity index (χ0v) is 14.0. The molecule has 0 unspecified atom stereocenters. The van der Waals surface area contributed by atoms with Crippen molar-refractivity contribution in [1.82, 2.24) is 0 Å². The van der Waals surface area contributed by atoms with Crippen molar-refractivity contribution in [2.75, 3.05) is 26.3 Å². The van der Waals surface area contributed by atoms with E-state index in [1.165, 1.54) is 4.90 Å². The smallest absolute Gasteiger partial charge is 0.232 e.